The summed E-state index contributed by atoms with van der Waals surface area (Å²) in [4.78, 5) is 12.8. The number of rotatable bonds is 6. The van der Waals surface area contributed by atoms with Crippen molar-refractivity contribution in [3.63, 3.8) is 0 Å². The van der Waals surface area contributed by atoms with Gasteiger partial charge in [-0.1, -0.05) is 42.8 Å². The Morgan fingerprint density at radius 3 is 2.17 bits per heavy atom. The minimum absolute atomic E-state index is 0.226. The maximum absolute atomic E-state index is 12.8. The molecule has 0 heterocycles. The Labute approximate surface area is 172 Å². The number of nitrogens with zero attached hydrogens (tertiary/aromatic N) is 1. The largest absolute Gasteiger partial charge is 0.322 e. The molecule has 1 amide bonds. The van der Waals surface area contributed by atoms with Crippen molar-refractivity contribution in [3.8, 4) is 0 Å². The Morgan fingerprint density at radius 2 is 1.55 bits per heavy atom. The molecule has 150 valence electrons. The number of hydrogen-bond acceptors (Lipinski definition) is 3. The van der Waals surface area contributed by atoms with E-state index in [1.54, 1.807) is 48.5 Å². The summed E-state index contributed by atoms with van der Waals surface area (Å²) in [5, 5.41) is 2.92. The molecule has 1 N–H and O–H groups in total. The summed E-state index contributed by atoms with van der Waals surface area (Å²) in [7, 11) is -2.16. The molecule has 0 bridgehead atoms. The second-order valence-corrected chi connectivity index (χ2v) is 8.77. The Kier molecular flexibility index (Phi) is 6.03. The van der Waals surface area contributed by atoms with Crippen LogP contribution in [0.25, 0.3) is 0 Å². The summed E-state index contributed by atoms with van der Waals surface area (Å²) in [6.07, 6.45) is 0.817. The molecule has 0 aromatic heterocycles. The van der Waals surface area contributed by atoms with Gasteiger partial charge in [-0.3, -0.25) is 9.10 Å². The van der Waals surface area contributed by atoms with Crippen LogP contribution in [0.1, 0.15) is 28.4 Å². The molecule has 0 aliphatic rings. The van der Waals surface area contributed by atoms with E-state index >= 15 is 0 Å². The van der Waals surface area contributed by atoms with Crippen molar-refractivity contribution in [1.29, 1.82) is 0 Å². The second-order valence-electron chi connectivity index (χ2n) is 6.80. The number of carbonyl (C=O) groups excluding carboxylic acids is 1. The molecular formula is C23H24N2O3S. The number of nitrogens with one attached hydrogen (secondary N) is 1. The smallest absolute Gasteiger partial charge is 0.264 e. The zero-order valence-electron chi connectivity index (χ0n) is 16.7. The Balaban J connectivity index is 1.78. The van der Waals surface area contributed by atoms with Gasteiger partial charge >= 0.3 is 0 Å². The maximum Gasteiger partial charge on any atom is 0.264 e. The third-order valence-electron chi connectivity index (χ3n) is 4.82. The quantitative estimate of drug-likeness (QED) is 0.646. The van der Waals surface area contributed by atoms with Gasteiger partial charge in [-0.15, -0.1) is 0 Å². The van der Waals surface area contributed by atoms with Crippen LogP contribution in [0.3, 0.4) is 0 Å². The molecule has 0 aliphatic heterocycles. The van der Waals surface area contributed by atoms with Crippen molar-refractivity contribution in [2.24, 2.45) is 0 Å². The van der Waals surface area contributed by atoms with Crippen molar-refractivity contribution >= 4 is 27.3 Å². The summed E-state index contributed by atoms with van der Waals surface area (Å²) in [6.45, 7) is 3.94. The van der Waals surface area contributed by atoms with Gasteiger partial charge in [0.15, 0.2) is 0 Å². The Morgan fingerprint density at radius 1 is 0.931 bits per heavy atom. The third-order valence-corrected chi connectivity index (χ3v) is 6.62. The predicted octanol–water partition coefficient (Wildman–Crippen LogP) is 4.63. The zero-order valence-corrected chi connectivity index (χ0v) is 17.5. The van der Waals surface area contributed by atoms with Crippen LogP contribution in [0.4, 0.5) is 11.4 Å². The lowest BCUT2D eigenvalue weighted by Crippen LogP contribution is -2.26. The first-order valence-electron chi connectivity index (χ1n) is 9.38. The molecule has 0 atom stereocenters. The van der Waals surface area contributed by atoms with Gasteiger partial charge in [-0.2, -0.15) is 0 Å². The minimum Gasteiger partial charge on any atom is -0.322 e. The van der Waals surface area contributed by atoms with E-state index in [4.69, 9.17) is 0 Å². The number of aryl methyl sites for hydroxylation is 2. The van der Waals surface area contributed by atoms with Gasteiger partial charge < -0.3 is 5.32 Å². The second kappa shape index (κ2) is 8.49. The number of benzene rings is 3. The molecule has 5 nitrogen and oxygen atoms in total. The highest BCUT2D eigenvalue weighted by Crippen LogP contribution is 2.23. The lowest BCUT2D eigenvalue weighted by molar-refractivity contribution is 0.102. The molecule has 0 aliphatic carbocycles. The van der Waals surface area contributed by atoms with Crippen molar-refractivity contribution in [2.75, 3.05) is 16.7 Å². The number of para-hydroxylation sites is 1. The van der Waals surface area contributed by atoms with Crippen LogP contribution < -0.4 is 9.62 Å². The Bertz CT molecular complexity index is 1110. The molecule has 0 radical (unpaired) electrons. The summed E-state index contributed by atoms with van der Waals surface area (Å²) in [5.74, 6) is -0.235. The first-order chi connectivity index (χ1) is 13.8. The van der Waals surface area contributed by atoms with Gasteiger partial charge in [0.05, 0.1) is 10.6 Å². The van der Waals surface area contributed by atoms with E-state index in [9.17, 15) is 13.2 Å². The van der Waals surface area contributed by atoms with Gasteiger partial charge in [-0.05, 0) is 61.4 Å². The van der Waals surface area contributed by atoms with Gasteiger partial charge in [-0.25, -0.2) is 8.42 Å². The fourth-order valence-electron chi connectivity index (χ4n) is 2.97. The van der Waals surface area contributed by atoms with Crippen LogP contribution in [0.2, 0.25) is 0 Å². The van der Waals surface area contributed by atoms with E-state index in [0.717, 1.165) is 23.2 Å². The lowest BCUT2D eigenvalue weighted by atomic mass is 10.1. The van der Waals surface area contributed by atoms with Gasteiger partial charge in [0, 0.05) is 18.3 Å². The van der Waals surface area contributed by atoms with E-state index < -0.39 is 10.0 Å². The number of sulfonamides is 1. The molecule has 0 saturated carbocycles. The number of carbonyl (C=O) groups is 1. The Hall–Kier alpha value is -3.12. The summed E-state index contributed by atoms with van der Waals surface area (Å²) in [5.41, 5.74) is 3.77. The summed E-state index contributed by atoms with van der Waals surface area (Å²) in [6, 6.07) is 20.9. The van der Waals surface area contributed by atoms with E-state index in [1.165, 1.54) is 11.4 Å². The van der Waals surface area contributed by atoms with Crippen LogP contribution in [0, 0.1) is 6.92 Å². The highest BCUT2D eigenvalue weighted by Gasteiger charge is 2.21. The molecule has 29 heavy (non-hydrogen) atoms. The molecule has 3 aromatic carbocycles. The molecule has 6 heteroatoms. The fraction of sp³-hybridized carbons (Fsp3) is 0.174. The number of anilines is 2. The standard InChI is InChI=1S/C23H24N2O3S/c1-4-18-7-5-6-8-22(18)24-23(26)19-11-13-20(14-12-19)25(3)29(27,28)21-15-9-17(2)10-16-21/h5-16H,4H2,1-3H3,(H,24,26). The number of hydrogen-bond donors (Lipinski definition) is 1. The monoisotopic (exact) mass is 408 g/mol. The number of amides is 1. The predicted molar refractivity (Wildman–Crippen MR) is 117 cm³/mol. The van der Waals surface area contributed by atoms with Crippen molar-refractivity contribution in [1.82, 2.24) is 0 Å². The van der Waals surface area contributed by atoms with E-state index in [2.05, 4.69) is 5.32 Å². The molecule has 3 rings (SSSR count). The third kappa shape index (κ3) is 4.49. The molecule has 3 aromatic rings. The molecular weight excluding hydrogens is 384 g/mol. The maximum atomic E-state index is 12.8. The van der Waals surface area contributed by atoms with E-state index in [0.29, 0.717) is 11.3 Å². The average molecular weight is 409 g/mol. The van der Waals surface area contributed by atoms with Gasteiger partial charge in [0.25, 0.3) is 15.9 Å². The first-order valence-corrected chi connectivity index (χ1v) is 10.8. The average Bonchev–Trinajstić information content (AvgIpc) is 2.74. The fourth-order valence-corrected chi connectivity index (χ4v) is 4.17. The highest BCUT2D eigenvalue weighted by atomic mass is 32.2. The first kappa shape index (κ1) is 20.6. The van der Waals surface area contributed by atoms with Crippen LogP contribution in [-0.2, 0) is 16.4 Å². The van der Waals surface area contributed by atoms with Gasteiger partial charge in [0.2, 0.25) is 0 Å². The molecule has 0 saturated heterocycles. The lowest BCUT2D eigenvalue weighted by Gasteiger charge is -2.20. The molecule has 0 unspecified atom stereocenters. The summed E-state index contributed by atoms with van der Waals surface area (Å²) < 4.78 is 26.9. The molecule has 0 spiro atoms. The van der Waals surface area contributed by atoms with Crippen LogP contribution in [0.15, 0.2) is 77.7 Å². The van der Waals surface area contributed by atoms with Crippen molar-refractivity contribution in [3.05, 3.63) is 89.5 Å². The normalized spacial score (nSPS) is 11.1. The van der Waals surface area contributed by atoms with Crippen LogP contribution in [0.5, 0.6) is 0 Å². The SMILES string of the molecule is CCc1ccccc1NC(=O)c1ccc(N(C)S(=O)(=O)c2ccc(C)cc2)cc1. The van der Waals surface area contributed by atoms with Crippen molar-refractivity contribution < 1.29 is 13.2 Å². The summed E-state index contributed by atoms with van der Waals surface area (Å²) >= 11 is 0. The van der Waals surface area contributed by atoms with E-state index in [-0.39, 0.29) is 10.8 Å². The van der Waals surface area contributed by atoms with E-state index in [1.807, 2.05) is 38.1 Å². The zero-order chi connectivity index (χ0) is 21.0. The van der Waals surface area contributed by atoms with Crippen LogP contribution in [-0.4, -0.2) is 21.4 Å². The van der Waals surface area contributed by atoms with Gasteiger partial charge in [0.1, 0.15) is 0 Å². The highest BCUT2D eigenvalue weighted by molar-refractivity contribution is 7.92. The molecule has 0 fully saturated rings. The van der Waals surface area contributed by atoms with Crippen molar-refractivity contribution in [2.45, 2.75) is 25.2 Å². The minimum atomic E-state index is -3.67. The topological polar surface area (TPSA) is 66.5 Å². The van der Waals surface area contributed by atoms with Crippen LogP contribution >= 0.6 is 0 Å².